The van der Waals surface area contributed by atoms with Crippen LogP contribution < -0.4 is 10.2 Å². The summed E-state index contributed by atoms with van der Waals surface area (Å²) in [5.74, 6) is 1.04. The second-order valence-corrected chi connectivity index (χ2v) is 5.06. The third kappa shape index (κ3) is 2.95. The van der Waals surface area contributed by atoms with Crippen LogP contribution in [0.25, 0.3) is 11.0 Å². The van der Waals surface area contributed by atoms with Crippen LogP contribution in [-0.4, -0.2) is 42.7 Å². The summed E-state index contributed by atoms with van der Waals surface area (Å²) < 4.78 is 4.85. The molecule has 0 spiro atoms. The maximum Gasteiger partial charge on any atom is 0.251 e. The van der Waals surface area contributed by atoms with Crippen LogP contribution in [0.4, 0.5) is 11.6 Å². The fourth-order valence-corrected chi connectivity index (χ4v) is 2.52. The number of methoxy groups -OCH3 is 1. The van der Waals surface area contributed by atoms with E-state index in [9.17, 15) is 4.79 Å². The lowest BCUT2D eigenvalue weighted by atomic mass is 10.3. The molecule has 0 bridgehead atoms. The number of nitrogens with zero attached hydrogens (tertiary/aromatic N) is 3. The highest BCUT2D eigenvalue weighted by atomic mass is 16.5. The number of anilines is 2. The lowest BCUT2D eigenvalue weighted by Crippen LogP contribution is -2.24. The summed E-state index contributed by atoms with van der Waals surface area (Å²) in [5, 5.41) is 2.80. The van der Waals surface area contributed by atoms with Crippen molar-refractivity contribution < 1.29 is 9.53 Å². The van der Waals surface area contributed by atoms with Crippen molar-refractivity contribution in [3.8, 4) is 0 Å². The molecule has 0 radical (unpaired) electrons. The number of ether oxygens (including phenoxy) is 1. The van der Waals surface area contributed by atoms with Gasteiger partial charge in [0.05, 0.1) is 11.0 Å². The summed E-state index contributed by atoms with van der Waals surface area (Å²) >= 11 is 0. The zero-order valence-electron chi connectivity index (χ0n) is 12.0. The van der Waals surface area contributed by atoms with E-state index in [-0.39, 0.29) is 12.5 Å². The highest BCUT2D eigenvalue weighted by Gasteiger charge is 2.20. The van der Waals surface area contributed by atoms with Crippen LogP contribution in [-0.2, 0) is 9.53 Å². The van der Waals surface area contributed by atoms with Gasteiger partial charge in [0, 0.05) is 20.2 Å². The van der Waals surface area contributed by atoms with E-state index in [1.165, 1.54) is 7.11 Å². The van der Waals surface area contributed by atoms with Crippen LogP contribution in [0.15, 0.2) is 24.3 Å². The molecule has 1 aliphatic heterocycles. The molecule has 0 unspecified atom stereocenters. The molecule has 0 aliphatic carbocycles. The molecule has 2 aromatic rings. The minimum absolute atomic E-state index is 0.00788. The number of hydrogen-bond acceptors (Lipinski definition) is 5. The maximum absolute atomic E-state index is 11.8. The second-order valence-electron chi connectivity index (χ2n) is 5.06. The van der Waals surface area contributed by atoms with Crippen molar-refractivity contribution in [1.29, 1.82) is 0 Å². The van der Waals surface area contributed by atoms with Gasteiger partial charge in [-0.3, -0.25) is 4.79 Å². The van der Waals surface area contributed by atoms with Gasteiger partial charge in [-0.2, -0.15) is 0 Å². The molecule has 0 atom stereocenters. The lowest BCUT2D eigenvalue weighted by molar-refractivity contribution is -0.119. The molecule has 2 heterocycles. The van der Waals surface area contributed by atoms with E-state index < -0.39 is 0 Å². The Morgan fingerprint density at radius 1 is 1.24 bits per heavy atom. The Balaban J connectivity index is 2.01. The molecule has 1 fully saturated rings. The van der Waals surface area contributed by atoms with E-state index >= 15 is 0 Å². The number of benzene rings is 1. The molecular formula is C15H18N4O2. The van der Waals surface area contributed by atoms with Gasteiger partial charge in [-0.15, -0.1) is 0 Å². The number of para-hydroxylation sites is 2. The van der Waals surface area contributed by atoms with Crippen molar-refractivity contribution in [1.82, 2.24) is 9.97 Å². The highest BCUT2D eigenvalue weighted by Crippen LogP contribution is 2.27. The third-order valence-corrected chi connectivity index (χ3v) is 3.49. The van der Waals surface area contributed by atoms with E-state index in [4.69, 9.17) is 4.74 Å². The Labute approximate surface area is 123 Å². The minimum atomic E-state index is -0.220. The quantitative estimate of drug-likeness (QED) is 0.928. The van der Waals surface area contributed by atoms with E-state index in [2.05, 4.69) is 20.2 Å². The molecule has 1 saturated heterocycles. The largest absolute Gasteiger partial charge is 0.375 e. The molecule has 6 nitrogen and oxygen atoms in total. The Morgan fingerprint density at radius 3 is 2.57 bits per heavy atom. The summed E-state index contributed by atoms with van der Waals surface area (Å²) in [6.07, 6.45) is 2.28. The van der Waals surface area contributed by atoms with Crippen molar-refractivity contribution in [2.24, 2.45) is 0 Å². The highest BCUT2D eigenvalue weighted by molar-refractivity contribution is 5.95. The van der Waals surface area contributed by atoms with E-state index in [0.29, 0.717) is 5.82 Å². The molecule has 1 N–H and O–H groups in total. The Hall–Kier alpha value is -2.21. The van der Waals surface area contributed by atoms with Gasteiger partial charge in [-0.1, -0.05) is 12.1 Å². The number of carbonyl (C=O) groups is 1. The average Bonchev–Trinajstić information content (AvgIpc) is 3.01. The van der Waals surface area contributed by atoms with Crippen molar-refractivity contribution in [3.05, 3.63) is 24.3 Å². The minimum Gasteiger partial charge on any atom is -0.375 e. The first-order valence-electron chi connectivity index (χ1n) is 7.08. The summed E-state index contributed by atoms with van der Waals surface area (Å²) in [6, 6.07) is 7.67. The van der Waals surface area contributed by atoms with Crippen LogP contribution in [0.3, 0.4) is 0 Å². The van der Waals surface area contributed by atoms with Gasteiger partial charge in [-0.25, -0.2) is 9.97 Å². The second kappa shape index (κ2) is 6.05. The molecule has 1 aromatic heterocycles. The SMILES string of the molecule is COCC(=O)Nc1nc2ccccc2nc1N1CCCC1. The van der Waals surface area contributed by atoms with Gasteiger partial charge in [0.15, 0.2) is 11.6 Å². The molecule has 1 aliphatic rings. The van der Waals surface area contributed by atoms with Gasteiger partial charge < -0.3 is 15.0 Å². The van der Waals surface area contributed by atoms with E-state index in [0.717, 1.165) is 42.8 Å². The number of fused-ring (bicyclic) bond motifs is 1. The van der Waals surface area contributed by atoms with Crippen LogP contribution in [0.2, 0.25) is 0 Å². The number of carbonyl (C=O) groups excluding carboxylic acids is 1. The first-order valence-corrected chi connectivity index (χ1v) is 7.08. The third-order valence-electron chi connectivity index (χ3n) is 3.49. The topological polar surface area (TPSA) is 67.3 Å². The number of rotatable bonds is 4. The predicted molar refractivity (Wildman–Crippen MR) is 81.5 cm³/mol. The molecule has 1 aromatic carbocycles. The van der Waals surface area contributed by atoms with Crippen LogP contribution in [0.5, 0.6) is 0 Å². The fourth-order valence-electron chi connectivity index (χ4n) is 2.52. The standard InChI is InChI=1S/C15H18N4O2/c1-21-10-13(20)18-14-15(19-8-4-5-9-19)17-12-7-3-2-6-11(12)16-14/h2-3,6-7H,4-5,8-10H2,1H3,(H,16,18,20). The fraction of sp³-hybridized carbons (Fsp3) is 0.400. The summed E-state index contributed by atoms with van der Waals surface area (Å²) in [4.78, 5) is 23.2. The van der Waals surface area contributed by atoms with Crippen molar-refractivity contribution >= 4 is 28.6 Å². The Morgan fingerprint density at radius 2 is 1.90 bits per heavy atom. The van der Waals surface area contributed by atoms with Crippen molar-refractivity contribution in [2.75, 3.05) is 37.0 Å². The molecule has 6 heteroatoms. The number of hydrogen-bond donors (Lipinski definition) is 1. The molecular weight excluding hydrogens is 268 g/mol. The molecule has 110 valence electrons. The van der Waals surface area contributed by atoms with Gasteiger partial charge >= 0.3 is 0 Å². The smallest absolute Gasteiger partial charge is 0.251 e. The predicted octanol–water partition coefficient (Wildman–Crippen LogP) is 1.81. The zero-order valence-corrected chi connectivity index (χ0v) is 12.0. The first kappa shape index (κ1) is 13.8. The number of nitrogens with one attached hydrogen (secondary N) is 1. The maximum atomic E-state index is 11.8. The Bertz CT molecular complexity index is 653. The monoisotopic (exact) mass is 286 g/mol. The summed E-state index contributed by atoms with van der Waals surface area (Å²) in [7, 11) is 1.49. The average molecular weight is 286 g/mol. The van der Waals surface area contributed by atoms with E-state index in [1.807, 2.05) is 24.3 Å². The Kier molecular flexibility index (Phi) is 3.96. The molecule has 3 rings (SSSR count). The van der Waals surface area contributed by atoms with Gasteiger partial charge in [0.2, 0.25) is 0 Å². The van der Waals surface area contributed by atoms with Crippen molar-refractivity contribution in [2.45, 2.75) is 12.8 Å². The van der Waals surface area contributed by atoms with Gasteiger partial charge in [0.1, 0.15) is 6.61 Å². The van der Waals surface area contributed by atoms with Crippen molar-refractivity contribution in [3.63, 3.8) is 0 Å². The van der Waals surface area contributed by atoms with Gasteiger partial charge in [0.25, 0.3) is 5.91 Å². The van der Waals surface area contributed by atoms with Crippen LogP contribution >= 0.6 is 0 Å². The normalized spacial score (nSPS) is 14.6. The molecule has 21 heavy (non-hydrogen) atoms. The molecule has 0 saturated carbocycles. The summed E-state index contributed by atoms with van der Waals surface area (Å²) in [5.41, 5.74) is 1.61. The number of amides is 1. The number of aromatic nitrogens is 2. The zero-order chi connectivity index (χ0) is 14.7. The summed E-state index contributed by atoms with van der Waals surface area (Å²) in [6.45, 7) is 1.90. The lowest BCUT2D eigenvalue weighted by Gasteiger charge is -2.20. The van der Waals surface area contributed by atoms with Gasteiger partial charge in [-0.05, 0) is 25.0 Å². The first-order chi connectivity index (χ1) is 10.3. The van der Waals surface area contributed by atoms with E-state index in [1.54, 1.807) is 0 Å². The van der Waals surface area contributed by atoms with Crippen LogP contribution in [0.1, 0.15) is 12.8 Å². The molecule has 1 amide bonds. The van der Waals surface area contributed by atoms with Crippen LogP contribution in [0, 0.1) is 0 Å².